The molecule has 3 heterocycles. The summed E-state index contributed by atoms with van der Waals surface area (Å²) in [4.78, 5) is 9.82. The third kappa shape index (κ3) is 3.88. The zero-order valence-corrected chi connectivity index (χ0v) is 14.8. The summed E-state index contributed by atoms with van der Waals surface area (Å²) in [6.45, 7) is 7.76. The number of hydrogen-bond acceptors (Lipinski definition) is 6. The van der Waals surface area contributed by atoms with Gasteiger partial charge in [-0.3, -0.25) is 0 Å². The Morgan fingerprint density at radius 1 is 1.12 bits per heavy atom. The van der Waals surface area contributed by atoms with E-state index in [1.807, 2.05) is 11.3 Å². The molecule has 2 aliphatic heterocycles. The van der Waals surface area contributed by atoms with Gasteiger partial charge in [-0.25, -0.2) is 4.98 Å². The van der Waals surface area contributed by atoms with E-state index in [1.165, 1.54) is 16.3 Å². The molecular formula is C18H25N3O2S. The second-order valence-corrected chi connectivity index (χ2v) is 7.51. The van der Waals surface area contributed by atoms with Gasteiger partial charge in [-0.1, -0.05) is 23.5 Å². The first kappa shape index (κ1) is 16.3. The molecule has 2 saturated heterocycles. The molecule has 1 aromatic heterocycles. The molecule has 4 rings (SSSR count). The van der Waals surface area contributed by atoms with Crippen LogP contribution in [0.25, 0.3) is 10.2 Å². The van der Waals surface area contributed by atoms with Crippen molar-refractivity contribution in [2.45, 2.75) is 18.9 Å². The highest BCUT2D eigenvalue weighted by Gasteiger charge is 2.20. The average molecular weight is 347 g/mol. The number of rotatable bonds is 4. The first-order valence-corrected chi connectivity index (χ1v) is 9.72. The van der Waals surface area contributed by atoms with Gasteiger partial charge in [-0.15, -0.1) is 0 Å². The second kappa shape index (κ2) is 7.78. The Kier molecular flexibility index (Phi) is 5.27. The summed E-state index contributed by atoms with van der Waals surface area (Å²) in [6, 6.07) is 8.41. The van der Waals surface area contributed by atoms with Gasteiger partial charge in [-0.2, -0.15) is 0 Å². The number of aromatic nitrogens is 1. The average Bonchev–Trinajstić information content (AvgIpc) is 2.92. The first-order chi connectivity index (χ1) is 11.9. The van der Waals surface area contributed by atoms with Gasteiger partial charge in [0.15, 0.2) is 5.13 Å². The molecule has 24 heavy (non-hydrogen) atoms. The standard InChI is InChI=1S/C18H25N3O2S/c1-2-5-17-16(4-1)19-18(24-17)21-8-3-7-20(10-11-21)9-6-15-14-22-12-13-23-15/h1-2,4-5,15H,3,6-14H2. The van der Waals surface area contributed by atoms with Crippen molar-refractivity contribution in [1.29, 1.82) is 0 Å². The Hall–Kier alpha value is -1.21. The summed E-state index contributed by atoms with van der Waals surface area (Å²) in [6.07, 6.45) is 2.54. The second-order valence-electron chi connectivity index (χ2n) is 6.50. The lowest BCUT2D eigenvalue weighted by atomic mass is 10.2. The van der Waals surface area contributed by atoms with Gasteiger partial charge in [0.2, 0.25) is 0 Å². The fourth-order valence-electron chi connectivity index (χ4n) is 3.41. The van der Waals surface area contributed by atoms with Crippen LogP contribution in [0.2, 0.25) is 0 Å². The zero-order valence-electron chi connectivity index (χ0n) is 14.0. The first-order valence-electron chi connectivity index (χ1n) is 8.91. The van der Waals surface area contributed by atoms with E-state index in [0.717, 1.165) is 64.5 Å². The number of nitrogens with zero attached hydrogens (tertiary/aromatic N) is 3. The highest BCUT2D eigenvalue weighted by Crippen LogP contribution is 2.29. The summed E-state index contributed by atoms with van der Waals surface area (Å²) >= 11 is 1.81. The number of hydrogen-bond donors (Lipinski definition) is 0. The highest BCUT2D eigenvalue weighted by atomic mass is 32.1. The molecule has 0 aliphatic carbocycles. The van der Waals surface area contributed by atoms with Crippen molar-refractivity contribution in [2.75, 3.05) is 57.4 Å². The molecule has 2 fully saturated rings. The normalized spacial score (nSPS) is 23.5. The Morgan fingerprint density at radius 3 is 2.96 bits per heavy atom. The van der Waals surface area contributed by atoms with Crippen molar-refractivity contribution < 1.29 is 9.47 Å². The minimum absolute atomic E-state index is 0.280. The lowest BCUT2D eigenvalue weighted by Gasteiger charge is -2.26. The van der Waals surface area contributed by atoms with Gasteiger partial charge in [0.25, 0.3) is 0 Å². The fourth-order valence-corrected chi connectivity index (χ4v) is 4.43. The smallest absolute Gasteiger partial charge is 0.186 e. The molecule has 0 N–H and O–H groups in total. The van der Waals surface area contributed by atoms with Crippen LogP contribution in [0.4, 0.5) is 5.13 Å². The van der Waals surface area contributed by atoms with E-state index in [2.05, 4.69) is 34.1 Å². The summed E-state index contributed by atoms with van der Waals surface area (Å²) in [5.41, 5.74) is 1.12. The van der Waals surface area contributed by atoms with Gasteiger partial charge >= 0.3 is 0 Å². The molecule has 0 amide bonds. The van der Waals surface area contributed by atoms with Crippen LogP contribution < -0.4 is 4.90 Å². The van der Waals surface area contributed by atoms with E-state index >= 15 is 0 Å². The Balaban J connectivity index is 1.32. The molecule has 1 atom stereocenters. The van der Waals surface area contributed by atoms with Crippen molar-refractivity contribution in [1.82, 2.24) is 9.88 Å². The maximum absolute atomic E-state index is 5.75. The lowest BCUT2D eigenvalue weighted by molar-refractivity contribution is -0.0925. The molecule has 2 aliphatic rings. The topological polar surface area (TPSA) is 37.8 Å². The van der Waals surface area contributed by atoms with Gasteiger partial charge in [-0.05, 0) is 31.5 Å². The molecule has 0 bridgehead atoms. The number of benzene rings is 1. The van der Waals surface area contributed by atoms with E-state index in [0.29, 0.717) is 0 Å². The number of ether oxygens (including phenoxy) is 2. The predicted octanol–water partition coefficient (Wildman–Crippen LogP) is 2.61. The summed E-state index contributed by atoms with van der Waals surface area (Å²) in [5, 5.41) is 1.17. The zero-order chi connectivity index (χ0) is 16.2. The van der Waals surface area contributed by atoms with Crippen LogP contribution in [-0.4, -0.2) is 68.5 Å². The Morgan fingerprint density at radius 2 is 2.08 bits per heavy atom. The monoisotopic (exact) mass is 347 g/mol. The van der Waals surface area contributed by atoms with Gasteiger partial charge in [0, 0.05) is 26.2 Å². The SMILES string of the molecule is c1ccc2sc(N3CCCN(CCC4COCCO4)CC3)nc2c1. The number of para-hydroxylation sites is 1. The van der Waals surface area contributed by atoms with E-state index in [4.69, 9.17) is 14.5 Å². The van der Waals surface area contributed by atoms with Crippen LogP contribution in [0.3, 0.4) is 0 Å². The van der Waals surface area contributed by atoms with Crippen LogP contribution in [0.15, 0.2) is 24.3 Å². The molecule has 5 nitrogen and oxygen atoms in total. The van der Waals surface area contributed by atoms with Crippen LogP contribution >= 0.6 is 11.3 Å². The van der Waals surface area contributed by atoms with E-state index in [1.54, 1.807) is 0 Å². The minimum atomic E-state index is 0.280. The Labute approximate surface area is 147 Å². The number of thiazole rings is 1. The van der Waals surface area contributed by atoms with Gasteiger partial charge < -0.3 is 19.3 Å². The van der Waals surface area contributed by atoms with Gasteiger partial charge in [0.1, 0.15) is 0 Å². The van der Waals surface area contributed by atoms with Crippen molar-refractivity contribution in [2.24, 2.45) is 0 Å². The van der Waals surface area contributed by atoms with E-state index in [-0.39, 0.29) is 6.10 Å². The summed E-state index contributed by atoms with van der Waals surface area (Å²) in [7, 11) is 0. The maximum Gasteiger partial charge on any atom is 0.186 e. The predicted molar refractivity (Wildman–Crippen MR) is 98.1 cm³/mol. The minimum Gasteiger partial charge on any atom is -0.376 e. The fraction of sp³-hybridized carbons (Fsp3) is 0.611. The largest absolute Gasteiger partial charge is 0.376 e. The third-order valence-corrected chi connectivity index (χ3v) is 5.89. The molecule has 0 radical (unpaired) electrons. The molecule has 2 aromatic rings. The number of fused-ring (bicyclic) bond motifs is 1. The molecule has 6 heteroatoms. The molecule has 130 valence electrons. The van der Waals surface area contributed by atoms with E-state index < -0.39 is 0 Å². The van der Waals surface area contributed by atoms with Gasteiger partial charge in [0.05, 0.1) is 36.1 Å². The van der Waals surface area contributed by atoms with Crippen LogP contribution in [0.5, 0.6) is 0 Å². The van der Waals surface area contributed by atoms with Crippen molar-refractivity contribution in [3.8, 4) is 0 Å². The molecule has 1 unspecified atom stereocenters. The van der Waals surface area contributed by atoms with Crippen molar-refractivity contribution in [3.05, 3.63) is 24.3 Å². The van der Waals surface area contributed by atoms with Crippen LogP contribution in [-0.2, 0) is 9.47 Å². The third-order valence-electron chi connectivity index (χ3n) is 4.79. The maximum atomic E-state index is 5.75. The summed E-state index contributed by atoms with van der Waals surface area (Å²) < 4.78 is 12.5. The molecule has 0 saturated carbocycles. The molecule has 0 spiro atoms. The molecular weight excluding hydrogens is 322 g/mol. The van der Waals surface area contributed by atoms with E-state index in [9.17, 15) is 0 Å². The highest BCUT2D eigenvalue weighted by molar-refractivity contribution is 7.22. The van der Waals surface area contributed by atoms with Crippen molar-refractivity contribution in [3.63, 3.8) is 0 Å². The molecule has 1 aromatic carbocycles. The van der Waals surface area contributed by atoms with Crippen LogP contribution in [0.1, 0.15) is 12.8 Å². The van der Waals surface area contributed by atoms with Crippen molar-refractivity contribution >= 4 is 26.7 Å². The quantitative estimate of drug-likeness (QED) is 0.850. The van der Waals surface area contributed by atoms with Crippen LogP contribution in [0, 0.1) is 0 Å². The number of anilines is 1. The Bertz CT molecular complexity index is 624. The lowest BCUT2D eigenvalue weighted by Crippen LogP contribution is -2.35. The summed E-state index contributed by atoms with van der Waals surface area (Å²) in [5.74, 6) is 0.